The average Bonchev–Trinajstić information content (AvgIpc) is 2.73. The summed E-state index contributed by atoms with van der Waals surface area (Å²) in [6, 6.07) is 6.72. The van der Waals surface area contributed by atoms with Gasteiger partial charge in [-0.05, 0) is 37.1 Å². The fraction of sp³-hybridized carbons (Fsp3) is 0.545. The standard InChI is InChI=1S/C22H33N5O2/c1-4-9-23-21(28)22(29)24-16-20(27-13-11-25(2)12-14-27)18-7-8-19-17(15-18)6-5-10-26(19)3/h4,7-8,15,20H,1,5-6,9-14,16H2,2-3H3,(H,23,28)(H,24,29)/t20-/m0/s1. The zero-order valence-electron chi connectivity index (χ0n) is 17.6. The molecule has 2 amide bonds. The summed E-state index contributed by atoms with van der Waals surface area (Å²) in [4.78, 5) is 31.1. The van der Waals surface area contributed by atoms with E-state index in [2.05, 4.69) is 64.2 Å². The second-order valence-corrected chi connectivity index (χ2v) is 7.98. The molecular weight excluding hydrogens is 366 g/mol. The van der Waals surface area contributed by atoms with Crippen LogP contribution in [0, 0.1) is 0 Å². The van der Waals surface area contributed by atoms with Crippen LogP contribution in [0.1, 0.15) is 23.6 Å². The molecule has 0 aromatic heterocycles. The maximum atomic E-state index is 12.2. The molecule has 0 spiro atoms. The lowest BCUT2D eigenvalue weighted by molar-refractivity contribution is -0.139. The van der Waals surface area contributed by atoms with E-state index in [1.165, 1.54) is 16.8 Å². The van der Waals surface area contributed by atoms with Gasteiger partial charge in [0.25, 0.3) is 0 Å². The van der Waals surface area contributed by atoms with E-state index in [1.807, 2.05) is 0 Å². The largest absolute Gasteiger partial charge is 0.374 e. The quantitative estimate of drug-likeness (QED) is 0.547. The Morgan fingerprint density at radius 2 is 1.83 bits per heavy atom. The normalized spacial score (nSPS) is 18.6. The average molecular weight is 400 g/mol. The summed E-state index contributed by atoms with van der Waals surface area (Å²) in [5.74, 6) is -1.21. The maximum Gasteiger partial charge on any atom is 0.309 e. The molecule has 2 aliphatic rings. The Bertz CT molecular complexity index is 743. The number of fused-ring (bicyclic) bond motifs is 1. The minimum absolute atomic E-state index is 0.0531. The summed E-state index contributed by atoms with van der Waals surface area (Å²) in [7, 11) is 4.27. The molecule has 1 fully saturated rings. The molecular formula is C22H33N5O2. The number of hydrogen-bond acceptors (Lipinski definition) is 5. The summed E-state index contributed by atoms with van der Waals surface area (Å²) < 4.78 is 0. The van der Waals surface area contributed by atoms with Crippen LogP contribution < -0.4 is 15.5 Å². The molecule has 7 nitrogen and oxygen atoms in total. The third kappa shape index (κ3) is 5.36. The molecule has 0 aliphatic carbocycles. The molecule has 0 radical (unpaired) electrons. The van der Waals surface area contributed by atoms with Gasteiger partial charge in [-0.1, -0.05) is 18.2 Å². The van der Waals surface area contributed by atoms with E-state index in [4.69, 9.17) is 0 Å². The van der Waals surface area contributed by atoms with Crippen LogP contribution in [0.25, 0.3) is 0 Å². The van der Waals surface area contributed by atoms with Crippen molar-refractivity contribution in [2.24, 2.45) is 0 Å². The van der Waals surface area contributed by atoms with E-state index in [-0.39, 0.29) is 12.6 Å². The highest BCUT2D eigenvalue weighted by Gasteiger charge is 2.26. The number of hydrogen-bond donors (Lipinski definition) is 2. The van der Waals surface area contributed by atoms with Crippen molar-refractivity contribution in [1.29, 1.82) is 0 Å². The number of benzene rings is 1. The number of piperazine rings is 1. The maximum absolute atomic E-state index is 12.2. The number of nitrogens with one attached hydrogen (secondary N) is 2. The van der Waals surface area contributed by atoms with Crippen LogP contribution >= 0.6 is 0 Å². The van der Waals surface area contributed by atoms with Crippen molar-refractivity contribution in [2.45, 2.75) is 18.9 Å². The van der Waals surface area contributed by atoms with Crippen LogP contribution in [-0.2, 0) is 16.0 Å². The third-order valence-electron chi connectivity index (χ3n) is 5.89. The van der Waals surface area contributed by atoms with Crippen molar-refractivity contribution in [3.05, 3.63) is 42.0 Å². The molecule has 2 N–H and O–H groups in total. The molecule has 0 saturated carbocycles. The first-order valence-electron chi connectivity index (χ1n) is 10.4. The highest BCUT2D eigenvalue weighted by atomic mass is 16.2. The number of likely N-dealkylation sites (N-methyl/N-ethyl adjacent to an activating group) is 1. The Labute approximate surface area is 173 Å². The Morgan fingerprint density at radius 3 is 2.55 bits per heavy atom. The Balaban J connectivity index is 1.75. The van der Waals surface area contributed by atoms with Gasteiger partial charge >= 0.3 is 11.8 Å². The predicted molar refractivity (Wildman–Crippen MR) is 116 cm³/mol. The smallest absolute Gasteiger partial charge is 0.309 e. The molecule has 0 bridgehead atoms. The topological polar surface area (TPSA) is 67.9 Å². The fourth-order valence-electron chi connectivity index (χ4n) is 4.12. The molecule has 7 heteroatoms. The lowest BCUT2D eigenvalue weighted by Crippen LogP contribution is -2.49. The van der Waals surface area contributed by atoms with Crippen LogP contribution in [-0.4, -0.2) is 81.5 Å². The highest BCUT2D eigenvalue weighted by Crippen LogP contribution is 2.31. The van der Waals surface area contributed by atoms with Gasteiger partial charge in [-0.15, -0.1) is 6.58 Å². The van der Waals surface area contributed by atoms with Gasteiger partial charge in [0.15, 0.2) is 0 Å². The lowest BCUT2D eigenvalue weighted by Gasteiger charge is -2.39. The fourth-order valence-corrected chi connectivity index (χ4v) is 4.12. The second kappa shape index (κ2) is 9.89. The van der Waals surface area contributed by atoms with Gasteiger partial charge in [-0.25, -0.2) is 0 Å². The number of carbonyl (C=O) groups is 2. The lowest BCUT2D eigenvalue weighted by atomic mass is 9.95. The van der Waals surface area contributed by atoms with E-state index in [9.17, 15) is 9.59 Å². The van der Waals surface area contributed by atoms with E-state index < -0.39 is 11.8 Å². The zero-order valence-corrected chi connectivity index (χ0v) is 17.6. The van der Waals surface area contributed by atoms with Crippen molar-refractivity contribution in [3.63, 3.8) is 0 Å². The molecule has 2 heterocycles. The summed E-state index contributed by atoms with van der Waals surface area (Å²) in [6.07, 6.45) is 3.80. The summed E-state index contributed by atoms with van der Waals surface area (Å²) in [6.45, 7) is 9.22. The van der Waals surface area contributed by atoms with Crippen LogP contribution in [0.15, 0.2) is 30.9 Å². The summed E-state index contributed by atoms with van der Waals surface area (Å²) in [5, 5.41) is 5.37. The minimum Gasteiger partial charge on any atom is -0.374 e. The first-order chi connectivity index (χ1) is 14.0. The van der Waals surface area contributed by atoms with Gasteiger partial charge in [0.1, 0.15) is 0 Å². The molecule has 1 atom stereocenters. The summed E-state index contributed by atoms with van der Waals surface area (Å²) >= 11 is 0. The van der Waals surface area contributed by atoms with Crippen LogP contribution in [0.4, 0.5) is 5.69 Å². The molecule has 158 valence electrons. The molecule has 3 rings (SSSR count). The van der Waals surface area contributed by atoms with E-state index in [0.717, 1.165) is 45.6 Å². The van der Waals surface area contributed by atoms with Crippen molar-refractivity contribution in [2.75, 3.05) is 64.8 Å². The van der Waals surface area contributed by atoms with Gasteiger partial charge in [0.2, 0.25) is 0 Å². The predicted octanol–water partition coefficient (Wildman–Crippen LogP) is 0.776. The van der Waals surface area contributed by atoms with Gasteiger partial charge < -0.3 is 20.4 Å². The first-order valence-corrected chi connectivity index (χ1v) is 10.4. The Hall–Kier alpha value is -2.38. The highest BCUT2D eigenvalue weighted by molar-refractivity contribution is 6.35. The van der Waals surface area contributed by atoms with Crippen LogP contribution in [0.5, 0.6) is 0 Å². The van der Waals surface area contributed by atoms with Crippen LogP contribution in [0.3, 0.4) is 0 Å². The Morgan fingerprint density at radius 1 is 1.10 bits per heavy atom. The number of carbonyl (C=O) groups excluding carboxylic acids is 2. The first kappa shape index (κ1) is 21.3. The van der Waals surface area contributed by atoms with Crippen molar-refractivity contribution in [3.8, 4) is 0 Å². The van der Waals surface area contributed by atoms with Gasteiger partial charge in [-0.3, -0.25) is 14.5 Å². The monoisotopic (exact) mass is 399 g/mol. The van der Waals surface area contributed by atoms with Crippen molar-refractivity contribution < 1.29 is 9.59 Å². The number of rotatable bonds is 6. The second-order valence-electron chi connectivity index (χ2n) is 7.98. The SMILES string of the molecule is C=CCNC(=O)C(=O)NC[C@@H](c1ccc2c(c1)CCCN2C)N1CCN(C)CC1. The van der Waals surface area contributed by atoms with Crippen molar-refractivity contribution in [1.82, 2.24) is 20.4 Å². The van der Waals surface area contributed by atoms with E-state index in [1.54, 1.807) is 6.08 Å². The molecule has 29 heavy (non-hydrogen) atoms. The third-order valence-corrected chi connectivity index (χ3v) is 5.89. The number of anilines is 1. The van der Waals surface area contributed by atoms with Crippen molar-refractivity contribution >= 4 is 17.5 Å². The zero-order chi connectivity index (χ0) is 20.8. The minimum atomic E-state index is -0.617. The Kier molecular flexibility index (Phi) is 7.28. The molecule has 2 aliphatic heterocycles. The summed E-state index contributed by atoms with van der Waals surface area (Å²) in [5.41, 5.74) is 3.87. The van der Waals surface area contributed by atoms with Gasteiger partial charge in [-0.2, -0.15) is 0 Å². The van der Waals surface area contributed by atoms with Gasteiger partial charge in [0.05, 0.1) is 6.04 Å². The molecule has 1 aromatic carbocycles. The van der Waals surface area contributed by atoms with Gasteiger partial charge in [0, 0.05) is 58.5 Å². The number of nitrogens with zero attached hydrogens (tertiary/aromatic N) is 3. The number of aryl methyl sites for hydroxylation is 1. The molecule has 1 aromatic rings. The number of amides is 2. The molecule has 0 unspecified atom stereocenters. The van der Waals surface area contributed by atoms with Crippen LogP contribution in [0.2, 0.25) is 0 Å². The van der Waals surface area contributed by atoms with E-state index in [0.29, 0.717) is 6.54 Å². The van der Waals surface area contributed by atoms with E-state index >= 15 is 0 Å². The molecule has 1 saturated heterocycles.